The molecule has 0 aliphatic heterocycles. The summed E-state index contributed by atoms with van der Waals surface area (Å²) < 4.78 is 10.5. The number of benzene rings is 1. The number of carbonyl (C=O) groups is 4. The first kappa shape index (κ1) is 27.0. The Morgan fingerprint density at radius 3 is 2.35 bits per heavy atom. The molecule has 184 valence electrons. The van der Waals surface area contributed by atoms with Gasteiger partial charge in [-0.1, -0.05) is 50.3 Å². The minimum absolute atomic E-state index is 0.0992. The Labute approximate surface area is 203 Å². The summed E-state index contributed by atoms with van der Waals surface area (Å²) in [5, 5.41) is 5.51. The van der Waals surface area contributed by atoms with Crippen LogP contribution < -0.4 is 10.6 Å². The fraction of sp³-hybridized carbons (Fsp3) is 0.458. The molecule has 0 radical (unpaired) electrons. The highest BCUT2D eigenvalue weighted by atomic mass is 32.1. The van der Waals surface area contributed by atoms with Gasteiger partial charge in [0, 0.05) is 5.56 Å². The van der Waals surface area contributed by atoms with E-state index in [9.17, 15) is 19.2 Å². The molecule has 2 atom stereocenters. The van der Waals surface area contributed by atoms with Crippen LogP contribution in [-0.4, -0.2) is 47.5 Å². The molecule has 0 fully saturated rings. The molecule has 0 saturated heterocycles. The average molecular weight is 490 g/mol. The van der Waals surface area contributed by atoms with Gasteiger partial charge >= 0.3 is 11.9 Å². The first-order valence-corrected chi connectivity index (χ1v) is 12.0. The first-order chi connectivity index (χ1) is 16.2. The van der Waals surface area contributed by atoms with Crippen molar-refractivity contribution in [2.24, 2.45) is 5.92 Å². The molecule has 1 aromatic carbocycles. The third kappa shape index (κ3) is 7.65. The SMILES string of the molecule is CCOC(=O)c1sc(NC(=O)[C@@H](CC)OC(=O)[C@@H](CC(C)C)NC(=O)c2ccccc2)nc1C. The predicted octanol–water partition coefficient (Wildman–Crippen LogP) is 3.73. The van der Waals surface area contributed by atoms with E-state index in [2.05, 4.69) is 15.6 Å². The summed E-state index contributed by atoms with van der Waals surface area (Å²) in [6, 6.07) is 7.64. The van der Waals surface area contributed by atoms with Crippen LogP contribution in [0.1, 0.15) is 66.3 Å². The monoisotopic (exact) mass is 489 g/mol. The molecule has 0 saturated carbocycles. The topological polar surface area (TPSA) is 124 Å². The standard InChI is InChI=1S/C24H31N3O6S/c1-6-18(21(29)27-24-25-15(5)19(34-24)23(31)32-7-2)33-22(30)17(13-14(3)4)26-20(28)16-11-9-8-10-12-16/h8-12,14,17-18H,6-7,13H2,1-5H3,(H,26,28)(H,25,27,29)/t17-,18-/m1/s1. The van der Waals surface area contributed by atoms with E-state index in [4.69, 9.17) is 9.47 Å². The van der Waals surface area contributed by atoms with Gasteiger partial charge in [0.1, 0.15) is 10.9 Å². The lowest BCUT2D eigenvalue weighted by molar-refractivity contribution is -0.156. The molecule has 0 spiro atoms. The van der Waals surface area contributed by atoms with Gasteiger partial charge in [0.15, 0.2) is 11.2 Å². The Morgan fingerprint density at radius 1 is 1.09 bits per heavy atom. The van der Waals surface area contributed by atoms with Crippen LogP contribution in [-0.2, 0) is 19.1 Å². The van der Waals surface area contributed by atoms with E-state index in [1.807, 2.05) is 13.8 Å². The van der Waals surface area contributed by atoms with Gasteiger partial charge < -0.3 is 14.8 Å². The van der Waals surface area contributed by atoms with E-state index < -0.39 is 35.9 Å². The Bertz CT molecular complexity index is 1010. The summed E-state index contributed by atoms with van der Waals surface area (Å²) in [5.74, 6) is -2.07. The number of esters is 2. The van der Waals surface area contributed by atoms with Crippen molar-refractivity contribution in [2.75, 3.05) is 11.9 Å². The van der Waals surface area contributed by atoms with Gasteiger partial charge in [-0.05, 0) is 44.7 Å². The third-order valence-corrected chi connectivity index (χ3v) is 5.80. The van der Waals surface area contributed by atoms with E-state index in [1.54, 1.807) is 51.1 Å². The molecule has 2 N–H and O–H groups in total. The molecule has 34 heavy (non-hydrogen) atoms. The van der Waals surface area contributed by atoms with E-state index in [0.717, 1.165) is 11.3 Å². The number of ether oxygens (including phenoxy) is 2. The van der Waals surface area contributed by atoms with E-state index >= 15 is 0 Å². The lowest BCUT2D eigenvalue weighted by atomic mass is 10.0. The second-order valence-corrected chi connectivity index (χ2v) is 9.00. The van der Waals surface area contributed by atoms with Gasteiger partial charge in [0.05, 0.1) is 12.3 Å². The maximum absolute atomic E-state index is 12.9. The largest absolute Gasteiger partial charge is 0.462 e. The number of carbonyl (C=O) groups excluding carboxylic acids is 4. The van der Waals surface area contributed by atoms with Gasteiger partial charge in [0.25, 0.3) is 11.8 Å². The predicted molar refractivity (Wildman–Crippen MR) is 129 cm³/mol. The fourth-order valence-electron chi connectivity index (χ4n) is 3.08. The van der Waals surface area contributed by atoms with Crippen LogP contribution in [0.15, 0.2) is 30.3 Å². The number of nitrogens with one attached hydrogen (secondary N) is 2. The van der Waals surface area contributed by atoms with Crippen LogP contribution in [0, 0.1) is 12.8 Å². The smallest absolute Gasteiger partial charge is 0.350 e. The molecule has 2 aromatic rings. The van der Waals surface area contributed by atoms with Crippen LogP contribution in [0.3, 0.4) is 0 Å². The van der Waals surface area contributed by atoms with Crippen molar-refractivity contribution in [1.82, 2.24) is 10.3 Å². The molecule has 0 bridgehead atoms. The normalized spacial score (nSPS) is 12.5. The molecule has 0 unspecified atom stereocenters. The summed E-state index contributed by atoms with van der Waals surface area (Å²) in [5.41, 5.74) is 0.856. The number of nitrogens with zero attached hydrogens (tertiary/aromatic N) is 1. The number of aryl methyl sites for hydroxylation is 1. The lowest BCUT2D eigenvalue weighted by Crippen LogP contribution is -2.45. The zero-order chi connectivity index (χ0) is 25.3. The van der Waals surface area contributed by atoms with E-state index in [-0.39, 0.29) is 24.1 Å². The molecule has 0 aliphatic rings. The fourth-order valence-corrected chi connectivity index (χ4v) is 3.95. The number of aromatic nitrogens is 1. The first-order valence-electron chi connectivity index (χ1n) is 11.2. The van der Waals surface area contributed by atoms with Gasteiger partial charge in [0.2, 0.25) is 0 Å². The van der Waals surface area contributed by atoms with Crippen LogP contribution in [0.5, 0.6) is 0 Å². The van der Waals surface area contributed by atoms with Crippen molar-refractivity contribution in [2.45, 2.75) is 59.6 Å². The van der Waals surface area contributed by atoms with Crippen molar-refractivity contribution < 1.29 is 28.7 Å². The number of amides is 2. The third-order valence-electron chi connectivity index (χ3n) is 4.74. The van der Waals surface area contributed by atoms with Crippen LogP contribution in [0.2, 0.25) is 0 Å². The summed E-state index contributed by atoms with van der Waals surface area (Å²) in [6.45, 7) is 9.11. The Balaban J connectivity index is 2.07. The minimum atomic E-state index is -1.09. The molecule has 10 heteroatoms. The van der Waals surface area contributed by atoms with Crippen molar-refractivity contribution >= 4 is 40.2 Å². The summed E-state index contributed by atoms with van der Waals surface area (Å²) in [4.78, 5) is 54.7. The molecular weight excluding hydrogens is 458 g/mol. The minimum Gasteiger partial charge on any atom is -0.462 e. The highest BCUT2D eigenvalue weighted by molar-refractivity contribution is 7.17. The molecular formula is C24H31N3O6S. The average Bonchev–Trinajstić information content (AvgIpc) is 3.17. The highest BCUT2D eigenvalue weighted by Gasteiger charge is 2.29. The van der Waals surface area contributed by atoms with E-state index in [0.29, 0.717) is 22.6 Å². The Morgan fingerprint density at radius 2 is 1.76 bits per heavy atom. The second kappa shape index (κ2) is 12.8. The van der Waals surface area contributed by atoms with Crippen molar-refractivity contribution in [3.63, 3.8) is 0 Å². The van der Waals surface area contributed by atoms with Gasteiger partial charge in [-0.15, -0.1) is 0 Å². The molecule has 2 rings (SSSR count). The van der Waals surface area contributed by atoms with Gasteiger partial charge in [-0.25, -0.2) is 14.6 Å². The van der Waals surface area contributed by atoms with Crippen LogP contribution >= 0.6 is 11.3 Å². The summed E-state index contributed by atoms with van der Waals surface area (Å²) >= 11 is 0.988. The summed E-state index contributed by atoms with van der Waals surface area (Å²) in [6.07, 6.45) is -0.524. The maximum atomic E-state index is 12.9. The second-order valence-electron chi connectivity index (χ2n) is 8.00. The molecule has 9 nitrogen and oxygen atoms in total. The van der Waals surface area contributed by atoms with Gasteiger partial charge in [-0.3, -0.25) is 14.9 Å². The molecule has 1 heterocycles. The van der Waals surface area contributed by atoms with Crippen molar-refractivity contribution in [1.29, 1.82) is 0 Å². The number of rotatable bonds is 11. The Kier molecular flexibility index (Phi) is 10.2. The number of hydrogen-bond donors (Lipinski definition) is 2. The number of anilines is 1. The van der Waals surface area contributed by atoms with Crippen molar-refractivity contribution in [3.8, 4) is 0 Å². The summed E-state index contributed by atoms with van der Waals surface area (Å²) in [7, 11) is 0. The highest BCUT2D eigenvalue weighted by Crippen LogP contribution is 2.24. The van der Waals surface area contributed by atoms with Crippen LogP contribution in [0.25, 0.3) is 0 Å². The van der Waals surface area contributed by atoms with Crippen molar-refractivity contribution in [3.05, 3.63) is 46.5 Å². The van der Waals surface area contributed by atoms with E-state index in [1.165, 1.54) is 0 Å². The Hall–Kier alpha value is -3.27. The van der Waals surface area contributed by atoms with Crippen LogP contribution in [0.4, 0.5) is 5.13 Å². The quantitative estimate of drug-likeness (QED) is 0.461. The molecule has 2 amide bonds. The van der Waals surface area contributed by atoms with Gasteiger partial charge in [-0.2, -0.15) is 0 Å². The lowest BCUT2D eigenvalue weighted by Gasteiger charge is -2.22. The molecule has 0 aliphatic carbocycles. The zero-order valence-electron chi connectivity index (χ0n) is 20.0. The number of thiazole rings is 1. The maximum Gasteiger partial charge on any atom is 0.350 e. The number of hydrogen-bond acceptors (Lipinski definition) is 8. The zero-order valence-corrected chi connectivity index (χ0v) is 20.9. The molecule has 1 aromatic heterocycles.